The van der Waals surface area contributed by atoms with Gasteiger partial charge in [-0.05, 0) is 18.7 Å². The van der Waals surface area contributed by atoms with Crippen LogP contribution in [-0.4, -0.2) is 19.8 Å². The van der Waals surface area contributed by atoms with Gasteiger partial charge < -0.3 is 14.5 Å². The highest BCUT2D eigenvalue weighted by Crippen LogP contribution is 2.21. The molecule has 1 aromatic rings. The van der Waals surface area contributed by atoms with E-state index in [1.807, 2.05) is 0 Å². The first-order valence-corrected chi connectivity index (χ1v) is 4.76. The maximum atomic E-state index is 12.9. The molecule has 1 aromatic carbocycles. The summed E-state index contributed by atoms with van der Waals surface area (Å²) in [5, 5.41) is 3.20. The molecule has 1 spiro atoms. The first-order valence-electron chi connectivity index (χ1n) is 4.76. The van der Waals surface area contributed by atoms with Gasteiger partial charge in [0, 0.05) is 13.2 Å². The van der Waals surface area contributed by atoms with Crippen LogP contribution in [0.3, 0.4) is 0 Å². The van der Waals surface area contributed by atoms with Crippen molar-refractivity contribution < 1.29 is 13.7 Å². The van der Waals surface area contributed by atoms with E-state index in [0.717, 1.165) is 17.6 Å². The summed E-state index contributed by atoms with van der Waals surface area (Å²) in [6, 6.07) is 4.70. The monoisotopic (exact) mass is 194 g/mol. The van der Waals surface area contributed by atoms with Crippen molar-refractivity contribution in [2.24, 2.45) is 0 Å². The molecule has 74 valence electrons. The minimum absolute atomic E-state index is 0.224. The molecule has 2 aliphatic heterocycles. The summed E-state index contributed by atoms with van der Waals surface area (Å²) in [6.45, 7) is 0.379. The average Bonchev–Trinajstić information content (AvgIpc) is 2.77. The molecule has 14 heavy (non-hydrogen) atoms. The van der Waals surface area contributed by atoms with E-state index in [4.69, 9.17) is 9.31 Å². The minimum atomic E-state index is -1.49. The van der Waals surface area contributed by atoms with Crippen LogP contribution >= 0.6 is 0 Å². The highest BCUT2D eigenvalue weighted by molar-refractivity contribution is 6.80. The largest absolute Gasteiger partial charge is 0.550 e. The molecule has 3 rings (SSSR count). The van der Waals surface area contributed by atoms with Crippen LogP contribution in [0.4, 0.5) is 4.39 Å². The van der Waals surface area contributed by atoms with E-state index in [1.54, 1.807) is 6.07 Å². The van der Waals surface area contributed by atoms with Gasteiger partial charge in [-0.2, -0.15) is 0 Å². The van der Waals surface area contributed by atoms with Crippen molar-refractivity contribution >= 4 is 12.1 Å². The van der Waals surface area contributed by atoms with Gasteiger partial charge in [-0.25, -0.2) is 4.39 Å². The fraction of sp³-hybridized carbons (Fsp3) is 0.333. The quantitative estimate of drug-likeness (QED) is 0.595. The lowest BCUT2D eigenvalue weighted by atomic mass is 9.65. The van der Waals surface area contributed by atoms with Gasteiger partial charge in [0.15, 0.2) is 0 Å². The Hall–Kier alpha value is -0.905. The van der Waals surface area contributed by atoms with Crippen molar-refractivity contribution in [3.8, 4) is 0 Å². The van der Waals surface area contributed by atoms with E-state index < -0.39 is 6.69 Å². The van der Waals surface area contributed by atoms with Gasteiger partial charge in [-0.15, -0.1) is 5.46 Å². The van der Waals surface area contributed by atoms with Crippen molar-refractivity contribution in [3.05, 3.63) is 29.6 Å². The summed E-state index contributed by atoms with van der Waals surface area (Å²) >= 11 is 0. The van der Waals surface area contributed by atoms with Crippen molar-refractivity contribution in [1.29, 1.82) is 0 Å². The number of hydrogen-bond acceptors (Lipinski definition) is 3. The first kappa shape index (κ1) is 8.41. The number of rotatable bonds is 0. The topological polar surface area (TPSA) is 30.5 Å². The highest BCUT2D eigenvalue weighted by atomic mass is 19.1. The predicted octanol–water partition coefficient (Wildman–Crippen LogP) is 0.122. The van der Waals surface area contributed by atoms with Gasteiger partial charge in [0.05, 0.1) is 0 Å². The third kappa shape index (κ3) is 1.03. The molecule has 0 amide bonds. The number of halogens is 1. The fourth-order valence-electron chi connectivity index (χ4n) is 2.21. The Morgan fingerprint density at radius 2 is 2.29 bits per heavy atom. The number of fused-ring (bicyclic) bond motifs is 2. The van der Waals surface area contributed by atoms with Crippen LogP contribution in [-0.2, 0) is 15.9 Å². The molecule has 1 saturated heterocycles. The van der Waals surface area contributed by atoms with Crippen molar-refractivity contribution in [2.75, 3.05) is 13.2 Å². The standard InChI is InChI=1S/C9H10BFNO2/c11-8-1-2-9-7(5-8)6-14-10(9)12-3-4-13-10/h1-2,5,12H,3-4,6H2/q-1. The molecular weight excluding hydrogens is 184 g/mol. The van der Waals surface area contributed by atoms with Crippen LogP contribution in [0.5, 0.6) is 0 Å². The Morgan fingerprint density at radius 3 is 3.07 bits per heavy atom. The zero-order valence-electron chi connectivity index (χ0n) is 7.63. The Labute approximate surface area is 81.2 Å². The molecule has 0 aliphatic carbocycles. The lowest BCUT2D eigenvalue weighted by Crippen LogP contribution is -2.57. The Morgan fingerprint density at radius 1 is 1.36 bits per heavy atom. The third-order valence-corrected chi connectivity index (χ3v) is 2.86. The summed E-state index contributed by atoms with van der Waals surface area (Å²) in [4.78, 5) is 0. The maximum Gasteiger partial charge on any atom is 0.345 e. The molecular formula is C9H10BFNO2-. The normalized spacial score (nSPS) is 29.8. The Bertz CT molecular complexity index is 379. The van der Waals surface area contributed by atoms with Gasteiger partial charge in [-0.1, -0.05) is 11.6 Å². The van der Waals surface area contributed by atoms with E-state index in [9.17, 15) is 4.39 Å². The van der Waals surface area contributed by atoms with E-state index in [0.29, 0.717) is 13.2 Å². The van der Waals surface area contributed by atoms with Gasteiger partial charge >= 0.3 is 6.69 Å². The van der Waals surface area contributed by atoms with Gasteiger partial charge in [0.1, 0.15) is 5.82 Å². The molecule has 1 N–H and O–H groups in total. The van der Waals surface area contributed by atoms with Crippen LogP contribution in [0.15, 0.2) is 18.2 Å². The van der Waals surface area contributed by atoms with Crippen LogP contribution in [0.2, 0.25) is 0 Å². The number of nitrogens with one attached hydrogen (secondary N) is 1. The van der Waals surface area contributed by atoms with Gasteiger partial charge in [0.25, 0.3) is 0 Å². The van der Waals surface area contributed by atoms with Crippen molar-refractivity contribution in [1.82, 2.24) is 5.23 Å². The van der Waals surface area contributed by atoms with Gasteiger partial charge in [0.2, 0.25) is 0 Å². The molecule has 0 radical (unpaired) electrons. The molecule has 0 saturated carbocycles. The molecule has 2 aliphatic rings. The SMILES string of the molecule is Fc1ccc2c(c1)CO[B-]21NCCO1. The third-order valence-electron chi connectivity index (χ3n) is 2.86. The van der Waals surface area contributed by atoms with Crippen molar-refractivity contribution in [2.45, 2.75) is 6.61 Å². The highest BCUT2D eigenvalue weighted by Gasteiger charge is 2.38. The smallest absolute Gasteiger partial charge is 0.345 e. The van der Waals surface area contributed by atoms with E-state index in [-0.39, 0.29) is 5.82 Å². The summed E-state index contributed by atoms with van der Waals surface area (Å²) in [7, 11) is 0. The van der Waals surface area contributed by atoms with Gasteiger partial charge in [-0.3, -0.25) is 0 Å². The molecule has 1 unspecified atom stereocenters. The van der Waals surface area contributed by atoms with E-state index >= 15 is 0 Å². The molecule has 5 heteroatoms. The molecule has 0 bridgehead atoms. The van der Waals surface area contributed by atoms with Crippen LogP contribution < -0.4 is 10.7 Å². The van der Waals surface area contributed by atoms with Crippen LogP contribution in [0, 0.1) is 5.82 Å². The molecule has 0 aromatic heterocycles. The number of hydrogen-bond donors (Lipinski definition) is 1. The maximum absolute atomic E-state index is 12.9. The zero-order chi connectivity index (χ0) is 9.60. The molecule has 3 nitrogen and oxygen atoms in total. The van der Waals surface area contributed by atoms with Crippen molar-refractivity contribution in [3.63, 3.8) is 0 Å². The molecule has 2 heterocycles. The minimum Gasteiger partial charge on any atom is -0.550 e. The second kappa shape index (κ2) is 2.79. The summed E-state index contributed by atoms with van der Waals surface area (Å²) in [5.41, 5.74) is 1.85. The summed E-state index contributed by atoms with van der Waals surface area (Å²) < 4.78 is 24.1. The summed E-state index contributed by atoms with van der Waals surface area (Å²) in [6.07, 6.45) is 0. The summed E-state index contributed by atoms with van der Waals surface area (Å²) in [5.74, 6) is -0.224. The molecule has 1 atom stereocenters. The van der Waals surface area contributed by atoms with E-state index in [2.05, 4.69) is 5.23 Å². The van der Waals surface area contributed by atoms with Crippen LogP contribution in [0.25, 0.3) is 0 Å². The second-order valence-electron chi connectivity index (χ2n) is 3.69. The van der Waals surface area contributed by atoms with E-state index in [1.165, 1.54) is 12.1 Å². The Kier molecular flexibility index (Phi) is 1.68. The first-order chi connectivity index (χ1) is 6.80. The number of benzene rings is 1. The second-order valence-corrected chi connectivity index (χ2v) is 3.69. The molecule has 1 fully saturated rings. The zero-order valence-corrected chi connectivity index (χ0v) is 7.63. The Balaban J connectivity index is 2.09. The average molecular weight is 194 g/mol. The van der Waals surface area contributed by atoms with Crippen LogP contribution in [0.1, 0.15) is 5.56 Å². The predicted molar refractivity (Wildman–Crippen MR) is 50.5 cm³/mol. The lowest BCUT2D eigenvalue weighted by Gasteiger charge is -2.30. The lowest BCUT2D eigenvalue weighted by molar-refractivity contribution is 0.212. The fourth-order valence-corrected chi connectivity index (χ4v) is 2.21.